The summed E-state index contributed by atoms with van der Waals surface area (Å²) >= 11 is 1.28. The van der Waals surface area contributed by atoms with Gasteiger partial charge in [0.15, 0.2) is 0 Å². The quantitative estimate of drug-likeness (QED) is 0.795. The van der Waals surface area contributed by atoms with Crippen LogP contribution in [0.15, 0.2) is 40.6 Å². The zero-order chi connectivity index (χ0) is 15.9. The molecule has 6 heteroatoms. The highest BCUT2D eigenvalue weighted by atomic mass is 32.2. The lowest BCUT2D eigenvalue weighted by molar-refractivity contribution is 0.583. The lowest BCUT2D eigenvalue weighted by Gasteiger charge is -2.06. The Morgan fingerprint density at radius 3 is 2.59 bits per heavy atom. The average Bonchev–Trinajstić information content (AvgIpc) is 3.02. The van der Waals surface area contributed by atoms with Gasteiger partial charge in [0.05, 0.1) is 0 Å². The average molecular weight is 334 g/mol. The predicted octanol–water partition coefficient (Wildman–Crippen LogP) is 3.34. The first-order valence-electron chi connectivity index (χ1n) is 6.98. The van der Waals surface area contributed by atoms with Crippen LogP contribution in [0.5, 0.6) is 0 Å². The molecule has 2 aromatic heterocycles. The standard InChI is InChI=1S/C16H18N2O2S2/c1-11-8-14-9-13(5-6-15(14)18(11)3)10-17-22(19,20)16-7-4-12(2)21-16/h4-9,17H,10H2,1-3H3. The van der Waals surface area contributed by atoms with Crippen LogP contribution in [0.3, 0.4) is 0 Å². The zero-order valence-electron chi connectivity index (χ0n) is 12.8. The first kappa shape index (κ1) is 15.3. The maximum absolute atomic E-state index is 12.2. The zero-order valence-corrected chi connectivity index (χ0v) is 14.4. The Labute approximate surface area is 134 Å². The van der Waals surface area contributed by atoms with Crippen LogP contribution in [0, 0.1) is 13.8 Å². The third-order valence-corrected chi connectivity index (χ3v) is 6.69. The van der Waals surface area contributed by atoms with Crippen molar-refractivity contribution in [2.45, 2.75) is 24.6 Å². The minimum Gasteiger partial charge on any atom is -0.348 e. The molecule has 0 aliphatic rings. The van der Waals surface area contributed by atoms with Crippen molar-refractivity contribution in [1.29, 1.82) is 0 Å². The molecule has 0 saturated carbocycles. The first-order chi connectivity index (χ1) is 10.4. The third-order valence-electron chi connectivity index (χ3n) is 3.79. The van der Waals surface area contributed by atoms with Gasteiger partial charge in [-0.25, -0.2) is 13.1 Å². The Kier molecular flexibility index (Phi) is 3.84. The number of aromatic nitrogens is 1. The number of rotatable bonds is 4. The summed E-state index contributed by atoms with van der Waals surface area (Å²) in [7, 11) is -1.40. The van der Waals surface area contributed by atoms with E-state index < -0.39 is 10.0 Å². The smallest absolute Gasteiger partial charge is 0.250 e. The second kappa shape index (κ2) is 5.53. The largest absolute Gasteiger partial charge is 0.348 e. The Bertz CT molecular complexity index is 936. The van der Waals surface area contributed by atoms with Gasteiger partial charge in [-0.1, -0.05) is 6.07 Å². The highest BCUT2D eigenvalue weighted by molar-refractivity contribution is 7.91. The van der Waals surface area contributed by atoms with Crippen molar-refractivity contribution in [3.05, 3.63) is 52.5 Å². The van der Waals surface area contributed by atoms with E-state index in [1.165, 1.54) is 17.0 Å². The van der Waals surface area contributed by atoms with E-state index in [2.05, 4.69) is 22.3 Å². The van der Waals surface area contributed by atoms with Gasteiger partial charge in [0, 0.05) is 35.1 Å². The van der Waals surface area contributed by atoms with E-state index in [1.54, 1.807) is 6.07 Å². The van der Waals surface area contributed by atoms with E-state index in [9.17, 15) is 8.42 Å². The second-order valence-electron chi connectivity index (χ2n) is 5.43. The molecule has 0 aliphatic carbocycles. The van der Waals surface area contributed by atoms with Crippen LogP contribution in [-0.2, 0) is 23.6 Å². The number of nitrogens with zero attached hydrogens (tertiary/aromatic N) is 1. The van der Waals surface area contributed by atoms with Gasteiger partial charge in [-0.3, -0.25) is 0 Å². The molecule has 4 nitrogen and oxygen atoms in total. The van der Waals surface area contributed by atoms with Crippen molar-refractivity contribution < 1.29 is 8.42 Å². The molecule has 3 rings (SSSR count). The number of sulfonamides is 1. The number of nitrogens with one attached hydrogen (secondary N) is 1. The lowest BCUT2D eigenvalue weighted by Crippen LogP contribution is -2.22. The van der Waals surface area contributed by atoms with Gasteiger partial charge in [0.2, 0.25) is 10.0 Å². The summed E-state index contributed by atoms with van der Waals surface area (Å²) < 4.78 is 29.6. The van der Waals surface area contributed by atoms with Crippen LogP contribution in [0.25, 0.3) is 10.9 Å². The molecule has 0 amide bonds. The molecule has 0 bridgehead atoms. The molecule has 0 atom stereocenters. The highest BCUT2D eigenvalue weighted by Gasteiger charge is 2.15. The minimum atomic E-state index is -3.43. The monoisotopic (exact) mass is 334 g/mol. The van der Waals surface area contributed by atoms with Crippen molar-refractivity contribution in [3.63, 3.8) is 0 Å². The summed E-state index contributed by atoms with van der Waals surface area (Å²) in [6, 6.07) is 11.6. The van der Waals surface area contributed by atoms with Crippen molar-refractivity contribution >= 4 is 32.3 Å². The van der Waals surface area contributed by atoms with E-state index in [4.69, 9.17) is 0 Å². The molecular formula is C16H18N2O2S2. The van der Waals surface area contributed by atoms with Crippen LogP contribution in [-0.4, -0.2) is 13.0 Å². The molecule has 3 aromatic rings. The molecule has 2 heterocycles. The molecule has 116 valence electrons. The summed E-state index contributed by atoms with van der Waals surface area (Å²) in [5.74, 6) is 0. The Morgan fingerprint density at radius 2 is 1.91 bits per heavy atom. The highest BCUT2D eigenvalue weighted by Crippen LogP contribution is 2.22. The van der Waals surface area contributed by atoms with E-state index in [0.29, 0.717) is 10.8 Å². The molecule has 0 radical (unpaired) electrons. The van der Waals surface area contributed by atoms with Gasteiger partial charge >= 0.3 is 0 Å². The molecule has 1 aromatic carbocycles. The fraction of sp³-hybridized carbons (Fsp3) is 0.250. The summed E-state index contributed by atoms with van der Waals surface area (Å²) in [5, 5.41) is 1.13. The van der Waals surface area contributed by atoms with Crippen LogP contribution in [0.1, 0.15) is 16.1 Å². The van der Waals surface area contributed by atoms with Crippen molar-refractivity contribution in [2.75, 3.05) is 0 Å². The molecule has 0 unspecified atom stereocenters. The fourth-order valence-electron chi connectivity index (χ4n) is 2.45. The van der Waals surface area contributed by atoms with Crippen LogP contribution in [0.2, 0.25) is 0 Å². The van der Waals surface area contributed by atoms with Crippen LogP contribution >= 0.6 is 11.3 Å². The minimum absolute atomic E-state index is 0.295. The Morgan fingerprint density at radius 1 is 1.14 bits per heavy atom. The van der Waals surface area contributed by atoms with Gasteiger partial charge in [-0.05, 0) is 49.7 Å². The first-order valence-corrected chi connectivity index (χ1v) is 9.28. The number of aryl methyl sites for hydroxylation is 3. The van der Waals surface area contributed by atoms with Crippen LogP contribution < -0.4 is 4.72 Å². The van der Waals surface area contributed by atoms with Gasteiger partial charge in [-0.2, -0.15) is 0 Å². The summed E-state index contributed by atoms with van der Waals surface area (Å²) in [6.45, 7) is 4.25. The fourth-order valence-corrected chi connectivity index (χ4v) is 4.80. The number of thiophene rings is 1. The van der Waals surface area contributed by atoms with E-state index >= 15 is 0 Å². The molecule has 0 saturated heterocycles. The summed E-state index contributed by atoms with van der Waals surface area (Å²) in [5.41, 5.74) is 3.29. The number of hydrogen-bond donors (Lipinski definition) is 1. The number of hydrogen-bond acceptors (Lipinski definition) is 3. The molecule has 22 heavy (non-hydrogen) atoms. The molecule has 1 N–H and O–H groups in total. The Balaban J connectivity index is 1.82. The second-order valence-corrected chi connectivity index (χ2v) is 8.71. The predicted molar refractivity (Wildman–Crippen MR) is 90.7 cm³/mol. The van der Waals surface area contributed by atoms with Crippen LogP contribution in [0.4, 0.5) is 0 Å². The normalized spacial score (nSPS) is 12.1. The number of benzene rings is 1. The third kappa shape index (κ3) is 2.82. The Hall–Kier alpha value is -1.63. The van der Waals surface area contributed by atoms with E-state index in [1.807, 2.05) is 38.2 Å². The summed E-state index contributed by atoms with van der Waals surface area (Å²) in [4.78, 5) is 0.988. The number of fused-ring (bicyclic) bond motifs is 1. The van der Waals surface area contributed by atoms with Crippen molar-refractivity contribution in [2.24, 2.45) is 7.05 Å². The molecule has 0 aliphatic heterocycles. The molecular weight excluding hydrogens is 316 g/mol. The van der Waals surface area contributed by atoms with Crippen molar-refractivity contribution in [3.8, 4) is 0 Å². The van der Waals surface area contributed by atoms with E-state index in [-0.39, 0.29) is 0 Å². The van der Waals surface area contributed by atoms with Gasteiger partial charge in [0.25, 0.3) is 0 Å². The van der Waals surface area contributed by atoms with Crippen molar-refractivity contribution in [1.82, 2.24) is 9.29 Å². The SMILES string of the molecule is Cc1ccc(S(=O)(=O)NCc2ccc3c(c2)cc(C)n3C)s1. The van der Waals surface area contributed by atoms with E-state index in [0.717, 1.165) is 21.3 Å². The topological polar surface area (TPSA) is 51.1 Å². The maximum Gasteiger partial charge on any atom is 0.250 e. The van der Waals surface area contributed by atoms with Gasteiger partial charge < -0.3 is 4.57 Å². The molecule has 0 spiro atoms. The molecule has 0 fully saturated rings. The van der Waals surface area contributed by atoms with Gasteiger partial charge in [0.1, 0.15) is 4.21 Å². The summed E-state index contributed by atoms with van der Waals surface area (Å²) in [6.07, 6.45) is 0. The maximum atomic E-state index is 12.2. The lowest BCUT2D eigenvalue weighted by atomic mass is 10.1. The van der Waals surface area contributed by atoms with Gasteiger partial charge in [-0.15, -0.1) is 11.3 Å².